The molecule has 0 aliphatic heterocycles. The fourth-order valence-electron chi connectivity index (χ4n) is 1.49. The summed E-state index contributed by atoms with van der Waals surface area (Å²) in [5.41, 5.74) is 1.24. The van der Waals surface area contributed by atoms with E-state index < -0.39 is 5.97 Å². The fraction of sp³-hybridized carbons (Fsp3) is 0.333. The predicted molar refractivity (Wildman–Crippen MR) is 72.2 cm³/mol. The van der Waals surface area contributed by atoms with Crippen LogP contribution in [0.15, 0.2) is 17.9 Å². The molecule has 19 heavy (non-hydrogen) atoms. The Morgan fingerprint density at radius 2 is 2.37 bits per heavy atom. The molecule has 1 N–H and O–H groups in total. The minimum atomic E-state index is -0.431. The van der Waals surface area contributed by atoms with Gasteiger partial charge in [-0.15, -0.1) is 11.3 Å². The monoisotopic (exact) mass is 278 g/mol. The largest absolute Gasteiger partial charge is 0.462 e. The minimum Gasteiger partial charge on any atom is -0.462 e. The van der Waals surface area contributed by atoms with Gasteiger partial charge in [-0.25, -0.2) is 19.7 Å². The van der Waals surface area contributed by atoms with Gasteiger partial charge in [0.05, 0.1) is 23.9 Å². The zero-order valence-electron chi connectivity index (χ0n) is 10.7. The van der Waals surface area contributed by atoms with Crippen LogP contribution in [0.3, 0.4) is 0 Å². The van der Waals surface area contributed by atoms with E-state index in [1.807, 2.05) is 12.3 Å². The summed E-state index contributed by atoms with van der Waals surface area (Å²) in [6.07, 6.45) is 2.83. The Morgan fingerprint density at radius 3 is 3.05 bits per heavy atom. The lowest BCUT2D eigenvalue weighted by molar-refractivity contribution is 0.0526. The molecule has 0 aliphatic carbocycles. The fourth-order valence-corrected chi connectivity index (χ4v) is 2.11. The van der Waals surface area contributed by atoms with Gasteiger partial charge in [0.1, 0.15) is 17.7 Å². The van der Waals surface area contributed by atoms with E-state index >= 15 is 0 Å². The van der Waals surface area contributed by atoms with Gasteiger partial charge in [-0.3, -0.25) is 0 Å². The third-order valence-electron chi connectivity index (χ3n) is 2.31. The van der Waals surface area contributed by atoms with Gasteiger partial charge in [-0.1, -0.05) is 0 Å². The molecule has 0 radical (unpaired) electrons. The van der Waals surface area contributed by atoms with Crippen LogP contribution >= 0.6 is 11.3 Å². The number of hydrogen-bond donors (Lipinski definition) is 1. The van der Waals surface area contributed by atoms with Gasteiger partial charge in [0.15, 0.2) is 0 Å². The summed E-state index contributed by atoms with van der Waals surface area (Å²) in [5, 5.41) is 6.04. The molecule has 6 nitrogen and oxygen atoms in total. The Hall–Kier alpha value is -2.02. The van der Waals surface area contributed by atoms with Crippen LogP contribution in [0.1, 0.15) is 28.0 Å². The standard InChI is InChI=1S/C12H14N4O2S/c1-3-18-12(17)10-5-13-7-15-11(10)14-4-9-6-19-8(2)16-9/h5-7H,3-4H2,1-2H3,(H,13,14,15). The first-order valence-electron chi connectivity index (χ1n) is 5.82. The molecular weight excluding hydrogens is 264 g/mol. The minimum absolute atomic E-state index is 0.318. The first-order valence-corrected chi connectivity index (χ1v) is 6.70. The highest BCUT2D eigenvalue weighted by molar-refractivity contribution is 7.09. The molecule has 0 unspecified atom stereocenters. The summed E-state index contributed by atoms with van der Waals surface area (Å²) < 4.78 is 4.95. The lowest BCUT2D eigenvalue weighted by atomic mass is 10.3. The van der Waals surface area contributed by atoms with Crippen LogP contribution in [0.5, 0.6) is 0 Å². The van der Waals surface area contributed by atoms with Crippen molar-refractivity contribution in [3.63, 3.8) is 0 Å². The van der Waals surface area contributed by atoms with Crippen molar-refractivity contribution in [2.45, 2.75) is 20.4 Å². The lowest BCUT2D eigenvalue weighted by Crippen LogP contribution is -2.12. The third kappa shape index (κ3) is 3.47. The summed E-state index contributed by atoms with van der Waals surface area (Å²) in [7, 11) is 0. The predicted octanol–water partition coefficient (Wildman–Crippen LogP) is 2.03. The molecule has 7 heteroatoms. The molecule has 2 rings (SSSR count). The highest BCUT2D eigenvalue weighted by atomic mass is 32.1. The van der Waals surface area contributed by atoms with Crippen LogP contribution < -0.4 is 5.32 Å². The lowest BCUT2D eigenvalue weighted by Gasteiger charge is -2.08. The third-order valence-corrected chi connectivity index (χ3v) is 3.13. The second-order valence-electron chi connectivity index (χ2n) is 3.72. The first kappa shape index (κ1) is 13.4. The molecule has 0 spiro atoms. The van der Waals surface area contributed by atoms with Gasteiger partial charge in [-0.05, 0) is 13.8 Å². The highest BCUT2D eigenvalue weighted by Gasteiger charge is 2.13. The number of aryl methyl sites for hydroxylation is 1. The van der Waals surface area contributed by atoms with Crippen molar-refractivity contribution in [1.29, 1.82) is 0 Å². The van der Waals surface area contributed by atoms with E-state index in [0.29, 0.717) is 24.5 Å². The first-order chi connectivity index (χ1) is 9.20. The molecule has 0 atom stereocenters. The van der Waals surface area contributed by atoms with Crippen molar-refractivity contribution >= 4 is 23.1 Å². The van der Waals surface area contributed by atoms with E-state index in [1.54, 1.807) is 18.3 Å². The van der Waals surface area contributed by atoms with Gasteiger partial charge in [0.2, 0.25) is 0 Å². The van der Waals surface area contributed by atoms with Crippen LogP contribution in [-0.2, 0) is 11.3 Å². The maximum Gasteiger partial charge on any atom is 0.343 e. The van der Waals surface area contributed by atoms with Gasteiger partial charge in [0.25, 0.3) is 0 Å². The second-order valence-corrected chi connectivity index (χ2v) is 4.78. The summed E-state index contributed by atoms with van der Waals surface area (Å²) in [5.74, 6) is 0.0270. The topological polar surface area (TPSA) is 77.0 Å². The van der Waals surface area contributed by atoms with Crippen LogP contribution in [-0.4, -0.2) is 27.5 Å². The quantitative estimate of drug-likeness (QED) is 0.843. The molecule has 100 valence electrons. The Labute approximate surface area is 114 Å². The molecule has 0 bridgehead atoms. The van der Waals surface area contributed by atoms with Crippen molar-refractivity contribution in [2.24, 2.45) is 0 Å². The summed E-state index contributed by atoms with van der Waals surface area (Å²) in [6, 6.07) is 0. The van der Waals surface area contributed by atoms with Crippen molar-refractivity contribution in [1.82, 2.24) is 15.0 Å². The average molecular weight is 278 g/mol. The number of anilines is 1. The molecule has 2 aromatic rings. The SMILES string of the molecule is CCOC(=O)c1cncnc1NCc1csc(C)n1. The van der Waals surface area contributed by atoms with Crippen LogP contribution in [0.4, 0.5) is 5.82 Å². The highest BCUT2D eigenvalue weighted by Crippen LogP contribution is 2.14. The van der Waals surface area contributed by atoms with Gasteiger partial charge in [0, 0.05) is 11.6 Å². The number of rotatable bonds is 5. The summed E-state index contributed by atoms with van der Waals surface area (Å²) in [6.45, 7) is 4.53. The van der Waals surface area contributed by atoms with Crippen molar-refractivity contribution in [2.75, 3.05) is 11.9 Å². The molecule has 0 saturated heterocycles. The number of ether oxygens (including phenoxy) is 1. The van der Waals surface area contributed by atoms with E-state index in [1.165, 1.54) is 12.5 Å². The zero-order valence-corrected chi connectivity index (χ0v) is 11.5. The molecular formula is C12H14N4O2S. The molecule has 2 aromatic heterocycles. The molecule has 0 aliphatic rings. The van der Waals surface area contributed by atoms with Crippen LogP contribution in [0, 0.1) is 6.92 Å². The number of nitrogens with one attached hydrogen (secondary N) is 1. The van der Waals surface area contributed by atoms with E-state index in [9.17, 15) is 4.79 Å². The molecule has 0 aromatic carbocycles. The smallest absolute Gasteiger partial charge is 0.343 e. The normalized spacial score (nSPS) is 10.2. The molecule has 2 heterocycles. The summed E-state index contributed by atoms with van der Waals surface area (Å²) in [4.78, 5) is 24.0. The molecule has 0 fully saturated rings. The van der Waals surface area contributed by atoms with E-state index in [0.717, 1.165) is 10.7 Å². The van der Waals surface area contributed by atoms with Gasteiger partial charge < -0.3 is 10.1 Å². The maximum atomic E-state index is 11.7. The van der Waals surface area contributed by atoms with Gasteiger partial charge >= 0.3 is 5.97 Å². The zero-order chi connectivity index (χ0) is 13.7. The van der Waals surface area contributed by atoms with Crippen LogP contribution in [0.25, 0.3) is 0 Å². The Balaban J connectivity index is 2.09. The van der Waals surface area contributed by atoms with Crippen molar-refractivity contribution in [3.8, 4) is 0 Å². The van der Waals surface area contributed by atoms with Crippen LogP contribution in [0.2, 0.25) is 0 Å². The number of hydrogen-bond acceptors (Lipinski definition) is 7. The Morgan fingerprint density at radius 1 is 1.53 bits per heavy atom. The van der Waals surface area contributed by atoms with Gasteiger partial charge in [-0.2, -0.15) is 0 Å². The Bertz CT molecular complexity index is 570. The molecule has 0 saturated carbocycles. The van der Waals surface area contributed by atoms with E-state index in [4.69, 9.17) is 4.74 Å². The number of esters is 1. The summed E-state index contributed by atoms with van der Waals surface area (Å²) >= 11 is 1.58. The number of thiazole rings is 1. The van der Waals surface area contributed by atoms with E-state index in [-0.39, 0.29) is 0 Å². The van der Waals surface area contributed by atoms with E-state index in [2.05, 4.69) is 20.3 Å². The number of nitrogens with zero attached hydrogens (tertiary/aromatic N) is 3. The molecule has 0 amide bonds. The number of carbonyl (C=O) groups excluding carboxylic acids is 1. The maximum absolute atomic E-state index is 11.7. The van der Waals surface area contributed by atoms with Crippen molar-refractivity contribution in [3.05, 3.63) is 34.2 Å². The second kappa shape index (κ2) is 6.24. The number of aromatic nitrogens is 3. The Kier molecular flexibility index (Phi) is 4.40. The van der Waals surface area contributed by atoms with Crippen molar-refractivity contribution < 1.29 is 9.53 Å². The number of carbonyl (C=O) groups is 1. The average Bonchev–Trinajstić information content (AvgIpc) is 2.83.